The van der Waals surface area contributed by atoms with Gasteiger partial charge in [0.1, 0.15) is 17.1 Å². The molecule has 2 nitrogen and oxygen atoms in total. The van der Waals surface area contributed by atoms with Crippen LogP contribution >= 0.6 is 15.9 Å². The highest BCUT2D eigenvalue weighted by Gasteiger charge is 2.05. The molecule has 2 rings (SSSR count). The Kier molecular flexibility index (Phi) is 4.49. The lowest BCUT2D eigenvalue weighted by atomic mass is 10.1. The van der Waals surface area contributed by atoms with Gasteiger partial charge in [0.15, 0.2) is 0 Å². The fourth-order valence-electron chi connectivity index (χ4n) is 1.50. The predicted molar refractivity (Wildman–Crippen MR) is 83.8 cm³/mol. The second kappa shape index (κ2) is 6.13. The number of rotatable bonds is 2. The van der Waals surface area contributed by atoms with Gasteiger partial charge in [-0.3, -0.25) is 0 Å². The standard InChI is InChI=1S/C17H15BrO2/c1-17(2,19)11-10-13-6-8-15(9-7-13)20-16-5-3-4-14(18)12-16/h3-9,12,19H,1-2H3. The van der Waals surface area contributed by atoms with Gasteiger partial charge >= 0.3 is 0 Å². The zero-order valence-electron chi connectivity index (χ0n) is 11.4. The molecular weight excluding hydrogens is 316 g/mol. The van der Waals surface area contributed by atoms with E-state index >= 15 is 0 Å². The van der Waals surface area contributed by atoms with Crippen LogP contribution in [0.3, 0.4) is 0 Å². The highest BCUT2D eigenvalue weighted by Crippen LogP contribution is 2.24. The molecule has 1 N–H and O–H groups in total. The quantitative estimate of drug-likeness (QED) is 0.829. The summed E-state index contributed by atoms with van der Waals surface area (Å²) in [5.41, 5.74) is -0.139. The lowest BCUT2D eigenvalue weighted by Gasteiger charge is -2.07. The number of hydrogen-bond donors (Lipinski definition) is 1. The maximum atomic E-state index is 9.55. The van der Waals surface area contributed by atoms with Gasteiger partial charge in [0.25, 0.3) is 0 Å². The van der Waals surface area contributed by atoms with Gasteiger partial charge in [0, 0.05) is 10.0 Å². The number of halogens is 1. The minimum atomic E-state index is -0.981. The Balaban J connectivity index is 2.10. The first-order valence-electron chi connectivity index (χ1n) is 6.21. The summed E-state index contributed by atoms with van der Waals surface area (Å²) in [5.74, 6) is 7.22. The zero-order valence-corrected chi connectivity index (χ0v) is 12.9. The molecule has 20 heavy (non-hydrogen) atoms. The summed E-state index contributed by atoms with van der Waals surface area (Å²) >= 11 is 3.40. The molecular formula is C17H15BrO2. The Bertz CT molecular complexity index is 643. The van der Waals surface area contributed by atoms with Crippen LogP contribution in [-0.2, 0) is 0 Å². The lowest BCUT2D eigenvalue weighted by molar-refractivity contribution is 0.143. The molecule has 0 aliphatic carbocycles. The summed E-state index contributed by atoms with van der Waals surface area (Å²) in [5, 5.41) is 9.55. The van der Waals surface area contributed by atoms with E-state index in [0.29, 0.717) is 0 Å². The van der Waals surface area contributed by atoms with Crippen LogP contribution < -0.4 is 4.74 Å². The average Bonchev–Trinajstić information content (AvgIpc) is 2.37. The molecule has 102 valence electrons. The smallest absolute Gasteiger partial charge is 0.128 e. The minimum absolute atomic E-state index is 0.747. The SMILES string of the molecule is CC(C)(O)C#Cc1ccc(Oc2cccc(Br)c2)cc1. The van der Waals surface area contributed by atoms with Gasteiger partial charge in [-0.1, -0.05) is 33.8 Å². The van der Waals surface area contributed by atoms with Gasteiger partial charge in [-0.2, -0.15) is 0 Å². The molecule has 0 unspecified atom stereocenters. The first-order valence-corrected chi connectivity index (χ1v) is 7.01. The molecule has 0 atom stereocenters. The Morgan fingerprint density at radius 1 is 1.05 bits per heavy atom. The van der Waals surface area contributed by atoms with Crippen molar-refractivity contribution in [2.45, 2.75) is 19.4 Å². The molecule has 2 aromatic rings. The molecule has 3 heteroatoms. The number of ether oxygens (including phenoxy) is 1. The zero-order chi connectivity index (χ0) is 14.6. The van der Waals surface area contributed by atoms with Gasteiger partial charge < -0.3 is 9.84 Å². The molecule has 0 aromatic heterocycles. The van der Waals surface area contributed by atoms with E-state index in [9.17, 15) is 5.11 Å². The van der Waals surface area contributed by atoms with Crippen LogP contribution in [0, 0.1) is 11.8 Å². The van der Waals surface area contributed by atoms with E-state index in [1.54, 1.807) is 13.8 Å². The topological polar surface area (TPSA) is 29.5 Å². The van der Waals surface area contributed by atoms with Gasteiger partial charge in [-0.05, 0) is 56.3 Å². The normalized spacial score (nSPS) is 10.6. The van der Waals surface area contributed by atoms with Gasteiger partial charge in [0.05, 0.1) is 0 Å². The fraction of sp³-hybridized carbons (Fsp3) is 0.176. The van der Waals surface area contributed by atoms with Crippen molar-refractivity contribution in [3.63, 3.8) is 0 Å². The number of hydrogen-bond acceptors (Lipinski definition) is 2. The molecule has 0 radical (unpaired) electrons. The second-order valence-electron chi connectivity index (χ2n) is 4.89. The van der Waals surface area contributed by atoms with Crippen LogP contribution in [0.4, 0.5) is 0 Å². The minimum Gasteiger partial charge on any atom is -0.457 e. The summed E-state index contributed by atoms with van der Waals surface area (Å²) in [7, 11) is 0. The van der Waals surface area contributed by atoms with Crippen molar-refractivity contribution in [1.29, 1.82) is 0 Å². The van der Waals surface area contributed by atoms with Crippen LogP contribution in [0.25, 0.3) is 0 Å². The molecule has 0 aliphatic heterocycles. The van der Waals surface area contributed by atoms with Crippen LogP contribution in [-0.4, -0.2) is 10.7 Å². The third-order valence-electron chi connectivity index (χ3n) is 2.40. The lowest BCUT2D eigenvalue weighted by Crippen LogP contribution is -2.14. The van der Waals surface area contributed by atoms with Crippen molar-refractivity contribution in [3.05, 3.63) is 58.6 Å². The molecule has 0 amide bonds. The third-order valence-corrected chi connectivity index (χ3v) is 2.89. The summed E-state index contributed by atoms with van der Waals surface area (Å²) < 4.78 is 6.71. The molecule has 0 saturated heterocycles. The molecule has 0 spiro atoms. The molecule has 0 aliphatic rings. The van der Waals surface area contributed by atoms with E-state index in [1.165, 1.54) is 0 Å². The first-order chi connectivity index (χ1) is 9.42. The van der Waals surface area contributed by atoms with E-state index in [-0.39, 0.29) is 0 Å². The Morgan fingerprint density at radius 2 is 1.75 bits per heavy atom. The number of benzene rings is 2. The Hall–Kier alpha value is -1.76. The second-order valence-corrected chi connectivity index (χ2v) is 5.81. The van der Waals surface area contributed by atoms with E-state index < -0.39 is 5.60 Å². The summed E-state index contributed by atoms with van der Waals surface area (Å²) in [6.45, 7) is 3.31. The molecule has 0 saturated carbocycles. The summed E-state index contributed by atoms with van der Waals surface area (Å²) in [6, 6.07) is 15.1. The van der Waals surface area contributed by atoms with Crippen LogP contribution in [0.5, 0.6) is 11.5 Å². The maximum Gasteiger partial charge on any atom is 0.128 e. The first kappa shape index (κ1) is 14.6. The maximum absolute atomic E-state index is 9.55. The van der Waals surface area contributed by atoms with E-state index in [2.05, 4.69) is 27.8 Å². The van der Waals surface area contributed by atoms with Crippen molar-refractivity contribution in [2.24, 2.45) is 0 Å². The molecule has 2 aromatic carbocycles. The molecule has 0 heterocycles. The van der Waals surface area contributed by atoms with Gasteiger partial charge in [0.2, 0.25) is 0 Å². The van der Waals surface area contributed by atoms with E-state index in [1.807, 2.05) is 48.5 Å². The fourth-order valence-corrected chi connectivity index (χ4v) is 1.88. The van der Waals surface area contributed by atoms with E-state index in [0.717, 1.165) is 21.5 Å². The third kappa shape index (κ3) is 4.73. The summed E-state index contributed by atoms with van der Waals surface area (Å²) in [4.78, 5) is 0. The van der Waals surface area contributed by atoms with Crippen molar-refractivity contribution < 1.29 is 9.84 Å². The van der Waals surface area contributed by atoms with Crippen molar-refractivity contribution in [2.75, 3.05) is 0 Å². The Labute approximate surface area is 127 Å². The van der Waals surface area contributed by atoms with Gasteiger partial charge in [-0.25, -0.2) is 0 Å². The monoisotopic (exact) mass is 330 g/mol. The highest BCUT2D eigenvalue weighted by atomic mass is 79.9. The van der Waals surface area contributed by atoms with Crippen molar-refractivity contribution in [1.82, 2.24) is 0 Å². The molecule has 0 fully saturated rings. The number of aliphatic hydroxyl groups is 1. The Morgan fingerprint density at radius 3 is 2.35 bits per heavy atom. The van der Waals surface area contributed by atoms with Gasteiger partial charge in [-0.15, -0.1) is 0 Å². The molecule has 0 bridgehead atoms. The van der Waals surface area contributed by atoms with Crippen LogP contribution in [0.15, 0.2) is 53.0 Å². The van der Waals surface area contributed by atoms with Crippen molar-refractivity contribution >= 4 is 15.9 Å². The summed E-state index contributed by atoms with van der Waals surface area (Å²) in [6.07, 6.45) is 0. The highest BCUT2D eigenvalue weighted by molar-refractivity contribution is 9.10. The predicted octanol–water partition coefficient (Wildman–Crippen LogP) is 4.36. The van der Waals surface area contributed by atoms with Crippen molar-refractivity contribution in [3.8, 4) is 23.3 Å². The van der Waals surface area contributed by atoms with Crippen LogP contribution in [0.1, 0.15) is 19.4 Å². The average molecular weight is 331 g/mol. The largest absolute Gasteiger partial charge is 0.457 e. The van der Waals surface area contributed by atoms with E-state index in [4.69, 9.17) is 4.74 Å². The van der Waals surface area contributed by atoms with Crippen LogP contribution in [0.2, 0.25) is 0 Å².